The summed E-state index contributed by atoms with van der Waals surface area (Å²) >= 11 is 5.91. The van der Waals surface area contributed by atoms with Crippen molar-refractivity contribution in [1.82, 2.24) is 5.32 Å². The number of hydrogen-bond acceptors (Lipinski definition) is 2. The first kappa shape index (κ1) is 13.2. The molecule has 0 heterocycles. The molecular formula is C14H18ClNO2. The van der Waals surface area contributed by atoms with E-state index < -0.39 is 0 Å². The highest BCUT2D eigenvalue weighted by atomic mass is 35.5. The number of benzene rings is 1. The highest BCUT2D eigenvalue weighted by Gasteiger charge is 2.26. The highest BCUT2D eigenvalue weighted by Crippen LogP contribution is 2.32. The third kappa shape index (κ3) is 2.96. The molecule has 98 valence electrons. The molecule has 1 aliphatic carbocycles. The highest BCUT2D eigenvalue weighted by molar-refractivity contribution is 6.18. The summed E-state index contributed by atoms with van der Waals surface area (Å²) in [6, 6.07) is 6.59. The third-order valence-corrected chi connectivity index (χ3v) is 4.08. The molecule has 1 aromatic rings. The van der Waals surface area contributed by atoms with Crippen LogP contribution in [0.3, 0.4) is 0 Å². The van der Waals surface area contributed by atoms with Crippen molar-refractivity contribution in [3.63, 3.8) is 0 Å². The van der Waals surface area contributed by atoms with Crippen molar-refractivity contribution in [2.45, 2.75) is 19.3 Å². The Morgan fingerprint density at radius 3 is 2.78 bits per heavy atom. The van der Waals surface area contributed by atoms with E-state index in [1.165, 1.54) is 12.5 Å². The molecular weight excluding hydrogens is 250 g/mol. The minimum absolute atomic E-state index is 0.0234. The molecule has 0 radical (unpaired) electrons. The molecule has 0 spiro atoms. The number of carbonyl (C=O) groups excluding carboxylic acids is 1. The summed E-state index contributed by atoms with van der Waals surface area (Å²) < 4.78 is 0. The van der Waals surface area contributed by atoms with E-state index in [0.717, 1.165) is 12.8 Å². The number of phenolic OH excluding ortho intramolecular Hbond substituents is 1. The molecule has 2 N–H and O–H groups in total. The zero-order chi connectivity index (χ0) is 13.0. The number of alkyl halides is 1. The van der Waals surface area contributed by atoms with Crippen LogP contribution in [0.5, 0.6) is 5.75 Å². The van der Waals surface area contributed by atoms with Crippen LogP contribution < -0.4 is 5.32 Å². The van der Waals surface area contributed by atoms with E-state index in [-0.39, 0.29) is 11.7 Å². The van der Waals surface area contributed by atoms with Gasteiger partial charge in [0.25, 0.3) is 5.91 Å². The van der Waals surface area contributed by atoms with E-state index in [2.05, 4.69) is 5.32 Å². The van der Waals surface area contributed by atoms with Crippen LogP contribution in [-0.4, -0.2) is 23.4 Å². The van der Waals surface area contributed by atoms with Crippen LogP contribution in [0.1, 0.15) is 29.6 Å². The van der Waals surface area contributed by atoms with Crippen LogP contribution in [0.2, 0.25) is 0 Å². The first-order valence-electron chi connectivity index (χ1n) is 6.34. The average molecular weight is 268 g/mol. The molecule has 1 aliphatic rings. The molecule has 0 bridgehead atoms. The van der Waals surface area contributed by atoms with E-state index in [1.54, 1.807) is 18.2 Å². The average Bonchev–Trinajstić information content (AvgIpc) is 2.84. The second-order valence-corrected chi connectivity index (χ2v) is 5.14. The van der Waals surface area contributed by atoms with Crippen molar-refractivity contribution in [3.05, 3.63) is 29.8 Å². The van der Waals surface area contributed by atoms with Crippen LogP contribution in [0.15, 0.2) is 24.3 Å². The summed E-state index contributed by atoms with van der Waals surface area (Å²) in [5.74, 6) is 1.45. The number of amides is 1. The number of halogens is 1. The number of rotatable bonds is 4. The van der Waals surface area contributed by atoms with Crippen LogP contribution in [-0.2, 0) is 0 Å². The zero-order valence-corrected chi connectivity index (χ0v) is 11.0. The predicted molar refractivity (Wildman–Crippen MR) is 72.0 cm³/mol. The molecule has 2 rings (SSSR count). The molecule has 0 saturated heterocycles. The second-order valence-electron chi connectivity index (χ2n) is 4.83. The fraction of sp³-hybridized carbons (Fsp3) is 0.500. The van der Waals surface area contributed by atoms with Gasteiger partial charge in [-0.25, -0.2) is 0 Å². The van der Waals surface area contributed by atoms with Crippen LogP contribution >= 0.6 is 11.6 Å². The smallest absolute Gasteiger partial charge is 0.255 e. The monoisotopic (exact) mass is 267 g/mol. The topological polar surface area (TPSA) is 49.3 Å². The Morgan fingerprint density at radius 2 is 2.06 bits per heavy atom. The number of phenols is 1. The van der Waals surface area contributed by atoms with Gasteiger partial charge in [0.05, 0.1) is 5.56 Å². The van der Waals surface area contributed by atoms with Gasteiger partial charge in [-0.1, -0.05) is 18.6 Å². The molecule has 1 aromatic carbocycles. The maximum absolute atomic E-state index is 11.9. The minimum Gasteiger partial charge on any atom is -0.507 e. The summed E-state index contributed by atoms with van der Waals surface area (Å²) in [5.41, 5.74) is 0.331. The number of nitrogens with one attached hydrogen (secondary N) is 1. The molecule has 18 heavy (non-hydrogen) atoms. The number of aromatic hydroxyl groups is 1. The van der Waals surface area contributed by atoms with Gasteiger partial charge in [0.15, 0.2) is 0 Å². The SMILES string of the molecule is O=C(NCC1CCCC1CCl)c1ccccc1O. The van der Waals surface area contributed by atoms with Gasteiger partial charge in [-0.05, 0) is 36.8 Å². The number of hydrogen-bond donors (Lipinski definition) is 2. The summed E-state index contributed by atoms with van der Waals surface area (Å²) in [6.45, 7) is 0.643. The zero-order valence-electron chi connectivity index (χ0n) is 10.2. The quantitative estimate of drug-likeness (QED) is 0.824. The lowest BCUT2D eigenvalue weighted by Crippen LogP contribution is -2.31. The summed E-state index contributed by atoms with van der Waals surface area (Å²) in [6.07, 6.45) is 3.47. The number of para-hydroxylation sites is 1. The molecule has 1 fully saturated rings. The summed E-state index contributed by atoms with van der Waals surface area (Å²) in [7, 11) is 0. The maximum atomic E-state index is 11.9. The fourth-order valence-electron chi connectivity index (χ4n) is 2.57. The van der Waals surface area contributed by atoms with Crippen molar-refractivity contribution in [3.8, 4) is 5.75 Å². The Bertz CT molecular complexity index is 422. The molecule has 3 nitrogen and oxygen atoms in total. The Hall–Kier alpha value is -1.22. The van der Waals surface area contributed by atoms with Crippen molar-refractivity contribution in [2.24, 2.45) is 11.8 Å². The molecule has 2 atom stereocenters. The molecule has 1 saturated carbocycles. The lowest BCUT2D eigenvalue weighted by atomic mass is 9.98. The van der Waals surface area contributed by atoms with Gasteiger partial charge < -0.3 is 10.4 Å². The van der Waals surface area contributed by atoms with Gasteiger partial charge in [-0.2, -0.15) is 0 Å². The van der Waals surface area contributed by atoms with Gasteiger partial charge in [-0.15, -0.1) is 11.6 Å². The summed E-state index contributed by atoms with van der Waals surface area (Å²) in [5, 5.41) is 12.5. The molecule has 4 heteroatoms. The standard InChI is InChI=1S/C14H18ClNO2/c15-8-10-4-3-5-11(10)9-16-14(18)12-6-1-2-7-13(12)17/h1-2,6-7,10-11,17H,3-5,8-9H2,(H,16,18). The van der Waals surface area contributed by atoms with Crippen LogP contribution in [0.25, 0.3) is 0 Å². The van der Waals surface area contributed by atoms with E-state index in [1.807, 2.05) is 0 Å². The second kappa shape index (κ2) is 6.10. The summed E-state index contributed by atoms with van der Waals surface area (Å²) in [4.78, 5) is 11.9. The predicted octanol–water partition coefficient (Wildman–Crippen LogP) is 2.78. The molecule has 0 aromatic heterocycles. The third-order valence-electron chi connectivity index (χ3n) is 3.69. The van der Waals surface area contributed by atoms with Crippen molar-refractivity contribution in [2.75, 3.05) is 12.4 Å². The molecule has 2 unspecified atom stereocenters. The fourth-order valence-corrected chi connectivity index (χ4v) is 2.98. The van der Waals surface area contributed by atoms with Crippen LogP contribution in [0, 0.1) is 11.8 Å². The number of carbonyl (C=O) groups is 1. The van der Waals surface area contributed by atoms with Gasteiger partial charge in [0.2, 0.25) is 0 Å². The van der Waals surface area contributed by atoms with Gasteiger partial charge in [0, 0.05) is 12.4 Å². The Balaban J connectivity index is 1.91. The van der Waals surface area contributed by atoms with Crippen molar-refractivity contribution >= 4 is 17.5 Å². The van der Waals surface area contributed by atoms with Crippen LogP contribution in [0.4, 0.5) is 0 Å². The normalized spacial score (nSPS) is 22.9. The van der Waals surface area contributed by atoms with E-state index in [0.29, 0.717) is 29.8 Å². The van der Waals surface area contributed by atoms with Gasteiger partial charge in [0.1, 0.15) is 5.75 Å². The van der Waals surface area contributed by atoms with Crippen molar-refractivity contribution < 1.29 is 9.90 Å². The first-order valence-corrected chi connectivity index (χ1v) is 6.88. The van der Waals surface area contributed by atoms with Gasteiger partial charge in [-0.3, -0.25) is 4.79 Å². The van der Waals surface area contributed by atoms with Gasteiger partial charge >= 0.3 is 0 Å². The Labute approximate surface area is 112 Å². The first-order chi connectivity index (χ1) is 8.72. The van der Waals surface area contributed by atoms with E-state index >= 15 is 0 Å². The Morgan fingerprint density at radius 1 is 1.33 bits per heavy atom. The lowest BCUT2D eigenvalue weighted by Gasteiger charge is -2.17. The minimum atomic E-state index is -0.215. The lowest BCUT2D eigenvalue weighted by molar-refractivity contribution is 0.0942. The largest absolute Gasteiger partial charge is 0.507 e. The Kier molecular flexibility index (Phi) is 4.48. The molecule has 1 amide bonds. The molecule has 0 aliphatic heterocycles. The van der Waals surface area contributed by atoms with E-state index in [9.17, 15) is 9.90 Å². The van der Waals surface area contributed by atoms with Crippen molar-refractivity contribution in [1.29, 1.82) is 0 Å². The van der Waals surface area contributed by atoms with E-state index in [4.69, 9.17) is 11.6 Å². The maximum Gasteiger partial charge on any atom is 0.255 e.